The molecule has 15 nitrogen and oxygen atoms in total. The van der Waals surface area contributed by atoms with Gasteiger partial charge in [-0.1, -0.05) is 80.2 Å². The molecule has 0 spiro atoms. The van der Waals surface area contributed by atoms with Gasteiger partial charge >= 0.3 is 0 Å². The van der Waals surface area contributed by atoms with E-state index in [2.05, 4.69) is 62.6 Å². The predicted molar refractivity (Wildman–Crippen MR) is 261 cm³/mol. The van der Waals surface area contributed by atoms with Crippen molar-refractivity contribution >= 4 is 61.5 Å². The third-order valence-electron chi connectivity index (χ3n) is 11.6. The van der Waals surface area contributed by atoms with Gasteiger partial charge in [-0.3, -0.25) is 18.7 Å². The number of nitrogens with two attached hydrogens (primary N) is 1. The van der Waals surface area contributed by atoms with Crippen molar-refractivity contribution in [2.24, 2.45) is 0 Å². The fourth-order valence-corrected chi connectivity index (χ4v) is 8.43. The topological polar surface area (TPSA) is 203 Å². The van der Waals surface area contributed by atoms with Gasteiger partial charge in [-0.15, -0.1) is 0 Å². The van der Waals surface area contributed by atoms with Crippen LogP contribution in [0.15, 0.2) is 119 Å². The van der Waals surface area contributed by atoms with Gasteiger partial charge in [-0.2, -0.15) is 9.97 Å². The first-order valence-corrected chi connectivity index (χ1v) is 21.0. The Kier molecular flexibility index (Phi) is 11.7. The summed E-state index contributed by atoms with van der Waals surface area (Å²) in [5.74, 6) is 1.95. The Labute approximate surface area is 374 Å². The molecule has 328 valence electrons. The lowest BCUT2D eigenvalue weighted by molar-refractivity contribution is 0.770. The van der Waals surface area contributed by atoms with Gasteiger partial charge < -0.3 is 26.3 Å². The van der Waals surface area contributed by atoms with Crippen LogP contribution in [-0.2, 0) is 0 Å². The molecule has 65 heavy (non-hydrogen) atoms. The molecule has 10 aromatic rings. The van der Waals surface area contributed by atoms with Gasteiger partial charge in [0.25, 0.3) is 11.1 Å². The summed E-state index contributed by atoms with van der Waals surface area (Å²) < 4.78 is 3.61. The molecule has 0 aliphatic heterocycles. The summed E-state index contributed by atoms with van der Waals surface area (Å²) in [5, 5.41) is 10.2. The summed E-state index contributed by atoms with van der Waals surface area (Å²) in [7, 11) is 0. The van der Waals surface area contributed by atoms with Crippen LogP contribution >= 0.6 is 0 Å². The first kappa shape index (κ1) is 43.4. The number of aryl methyl sites for hydroxylation is 5. The van der Waals surface area contributed by atoms with Crippen LogP contribution in [0.5, 0.6) is 0 Å². The SMILES string of the molecule is C.Cc1ccccc1-n1c([C@H](C)Nc2nc(N)nc3nc[nH]c23)cc2cccc(C)c2c1=O.Cc1nc(N[C@H](C)c2cc3cccc(C)c3c(=O)n2-c2ccccc2C)c2[nH]cnc2n1. The number of nitrogens with one attached hydrogen (secondary N) is 4. The standard InChI is InChI=1S/C25H24N6O.C24H23N7O.CH4/c1-14-8-5-6-11-19(14)31-20(12-18-10-7-9-15(2)21(18)25(31)32)16(3)28-24-22-23(27-13-26-22)29-17(4)30-24;1-13-7-4-5-10-17(13)31-18(11-16-9-6-8-14(2)19(16)23(31)32)15(3)28-22-20-21(27-12-26-20)29-24(25)30-22;/h5-13,16H,1-4H3,(H2,26,27,28,29,30);4-12,15H,1-3H3,(H4,25,26,27,28,29,30);1H4/t16-;15-;/m10./s1. The molecule has 0 unspecified atom stereocenters. The van der Waals surface area contributed by atoms with Crippen molar-refractivity contribution < 1.29 is 0 Å². The number of fused-ring (bicyclic) bond motifs is 4. The number of hydrogen-bond acceptors (Lipinski definition) is 11. The minimum Gasteiger partial charge on any atom is -0.368 e. The quantitative estimate of drug-likeness (QED) is 0.0974. The highest BCUT2D eigenvalue weighted by Gasteiger charge is 2.22. The van der Waals surface area contributed by atoms with Crippen LogP contribution in [0.1, 0.15) is 72.8 Å². The maximum atomic E-state index is 13.8. The van der Waals surface area contributed by atoms with E-state index in [1.807, 2.05) is 138 Å². The molecule has 0 saturated heterocycles. The Balaban J connectivity index is 0.000000175. The van der Waals surface area contributed by atoms with Gasteiger partial charge in [0.2, 0.25) is 5.95 Å². The van der Waals surface area contributed by atoms with E-state index in [0.717, 1.165) is 66.7 Å². The van der Waals surface area contributed by atoms with Gasteiger partial charge in [0.15, 0.2) is 22.9 Å². The summed E-state index contributed by atoms with van der Waals surface area (Å²) in [6.45, 7) is 13.8. The molecule has 0 amide bonds. The largest absolute Gasteiger partial charge is 0.368 e. The van der Waals surface area contributed by atoms with Crippen molar-refractivity contribution in [1.82, 2.24) is 49.0 Å². The Hall–Kier alpha value is -8.20. The Morgan fingerprint density at radius 1 is 0.554 bits per heavy atom. The number of nitrogen functional groups attached to an aromatic ring is 1. The number of imidazole rings is 2. The maximum absolute atomic E-state index is 13.8. The molecule has 10 rings (SSSR count). The van der Waals surface area contributed by atoms with Crippen molar-refractivity contribution in [2.45, 2.75) is 68.0 Å². The zero-order valence-corrected chi connectivity index (χ0v) is 36.5. The second-order valence-electron chi connectivity index (χ2n) is 16.1. The molecule has 2 atom stereocenters. The predicted octanol–water partition coefficient (Wildman–Crippen LogP) is 9.42. The van der Waals surface area contributed by atoms with Gasteiger partial charge in [0, 0.05) is 11.4 Å². The normalized spacial score (nSPS) is 12.2. The zero-order chi connectivity index (χ0) is 44.8. The number of hydrogen-bond donors (Lipinski definition) is 5. The van der Waals surface area contributed by atoms with Crippen LogP contribution in [0, 0.1) is 34.6 Å². The number of para-hydroxylation sites is 2. The summed E-state index contributed by atoms with van der Waals surface area (Å²) >= 11 is 0. The molecule has 6 aromatic heterocycles. The molecule has 0 aliphatic carbocycles. The lowest BCUT2D eigenvalue weighted by Gasteiger charge is -2.23. The molecule has 0 saturated carbocycles. The number of pyridine rings is 2. The van der Waals surface area contributed by atoms with Crippen LogP contribution in [0.4, 0.5) is 17.6 Å². The minimum absolute atomic E-state index is 0. The van der Waals surface area contributed by atoms with Crippen LogP contribution in [0.3, 0.4) is 0 Å². The second kappa shape index (κ2) is 17.5. The monoisotopic (exact) mass is 865 g/mol. The van der Waals surface area contributed by atoms with Crippen molar-refractivity contribution in [3.8, 4) is 11.4 Å². The van der Waals surface area contributed by atoms with E-state index in [9.17, 15) is 9.59 Å². The van der Waals surface area contributed by atoms with Gasteiger partial charge in [0.05, 0.1) is 46.9 Å². The van der Waals surface area contributed by atoms with E-state index in [0.29, 0.717) is 39.7 Å². The summed E-state index contributed by atoms with van der Waals surface area (Å²) in [6, 6.07) is 31.3. The Morgan fingerprint density at radius 2 is 0.985 bits per heavy atom. The molecule has 0 aliphatic rings. The smallest absolute Gasteiger partial charge is 0.263 e. The number of rotatable bonds is 8. The van der Waals surface area contributed by atoms with Crippen LogP contribution in [-0.4, -0.2) is 49.0 Å². The number of aromatic nitrogens is 10. The summed E-state index contributed by atoms with van der Waals surface area (Å²) in [5.41, 5.74) is 15.6. The number of anilines is 3. The average molecular weight is 866 g/mol. The lowest BCUT2D eigenvalue weighted by Crippen LogP contribution is -2.26. The number of nitrogens with zero attached hydrogens (tertiary/aromatic N) is 8. The summed E-state index contributed by atoms with van der Waals surface area (Å²) in [6.07, 6.45) is 3.16. The van der Waals surface area contributed by atoms with E-state index in [-0.39, 0.29) is 36.6 Å². The maximum Gasteiger partial charge on any atom is 0.263 e. The average Bonchev–Trinajstić information content (AvgIpc) is 3.95. The third kappa shape index (κ3) is 8.03. The summed E-state index contributed by atoms with van der Waals surface area (Å²) in [4.78, 5) is 59.6. The molecule has 6 heterocycles. The van der Waals surface area contributed by atoms with E-state index in [1.165, 1.54) is 0 Å². The van der Waals surface area contributed by atoms with Crippen LogP contribution in [0.2, 0.25) is 0 Å². The van der Waals surface area contributed by atoms with Gasteiger partial charge in [0.1, 0.15) is 16.9 Å². The van der Waals surface area contributed by atoms with Crippen LogP contribution < -0.4 is 27.5 Å². The van der Waals surface area contributed by atoms with Crippen molar-refractivity contribution in [3.05, 3.63) is 170 Å². The lowest BCUT2D eigenvalue weighted by atomic mass is 10.0. The van der Waals surface area contributed by atoms with E-state index in [4.69, 9.17) is 5.73 Å². The highest BCUT2D eigenvalue weighted by Crippen LogP contribution is 2.30. The highest BCUT2D eigenvalue weighted by atomic mass is 16.1. The minimum atomic E-state index is -0.270. The molecular formula is C50H51N13O2. The molecule has 4 aromatic carbocycles. The fraction of sp³-hybridized carbons (Fsp3) is 0.200. The zero-order valence-electron chi connectivity index (χ0n) is 36.5. The Bertz CT molecular complexity index is 3300. The number of H-pyrrole nitrogens is 2. The first-order valence-electron chi connectivity index (χ1n) is 21.0. The molecular weight excluding hydrogens is 815 g/mol. The molecule has 0 radical (unpaired) electrons. The molecule has 6 N–H and O–H groups in total. The highest BCUT2D eigenvalue weighted by molar-refractivity contribution is 5.88. The van der Waals surface area contributed by atoms with Crippen LogP contribution in [0.25, 0.3) is 55.2 Å². The molecule has 0 bridgehead atoms. The van der Waals surface area contributed by atoms with E-state index >= 15 is 0 Å². The fourth-order valence-electron chi connectivity index (χ4n) is 8.43. The molecule has 15 heteroatoms. The van der Waals surface area contributed by atoms with E-state index in [1.54, 1.807) is 17.2 Å². The van der Waals surface area contributed by atoms with Gasteiger partial charge in [-0.05, 0) is 106 Å². The third-order valence-corrected chi connectivity index (χ3v) is 11.6. The van der Waals surface area contributed by atoms with Crippen molar-refractivity contribution in [2.75, 3.05) is 16.4 Å². The number of aromatic amines is 2. The van der Waals surface area contributed by atoms with Crippen molar-refractivity contribution in [3.63, 3.8) is 0 Å². The van der Waals surface area contributed by atoms with Crippen molar-refractivity contribution in [1.29, 1.82) is 0 Å². The van der Waals surface area contributed by atoms with E-state index < -0.39 is 0 Å². The molecule has 0 fully saturated rings. The number of benzene rings is 4. The second-order valence-corrected chi connectivity index (χ2v) is 16.1. The van der Waals surface area contributed by atoms with Gasteiger partial charge in [-0.25, -0.2) is 19.9 Å². The Morgan fingerprint density at radius 3 is 1.46 bits per heavy atom. The first-order chi connectivity index (χ1) is 30.9.